The van der Waals surface area contributed by atoms with Crippen molar-refractivity contribution < 1.29 is 0 Å². The number of fused-ring (bicyclic) bond motifs is 1. The number of hydrogen-bond acceptors (Lipinski definition) is 3. The Hall–Kier alpha value is -0.840. The molecule has 0 aliphatic heterocycles. The molecule has 90 valence electrons. The number of thioether (sulfide) groups is 1. The van der Waals surface area contributed by atoms with E-state index in [1.807, 2.05) is 6.07 Å². The average Bonchev–Trinajstić information content (AvgIpc) is 2.79. The van der Waals surface area contributed by atoms with Gasteiger partial charge in [0.2, 0.25) is 0 Å². The van der Waals surface area contributed by atoms with Crippen molar-refractivity contribution in [3.63, 3.8) is 0 Å². The van der Waals surface area contributed by atoms with Crippen molar-refractivity contribution in [2.45, 2.75) is 10.1 Å². The van der Waals surface area contributed by atoms with Crippen LogP contribution in [0.1, 0.15) is 5.56 Å². The smallest absolute Gasteiger partial charge is 0.151 e. The number of halogens is 1. The van der Waals surface area contributed by atoms with E-state index < -0.39 is 0 Å². The second kappa shape index (κ2) is 5.43. The van der Waals surface area contributed by atoms with E-state index in [0.717, 1.165) is 20.1 Å². The fraction of sp³-hybridized carbons (Fsp3) is 0.0714. The first-order chi connectivity index (χ1) is 8.81. The molecular formula is C14H10BrNS2. The summed E-state index contributed by atoms with van der Waals surface area (Å²) in [4.78, 5) is 4.64. The Morgan fingerprint density at radius 1 is 1.11 bits per heavy atom. The summed E-state index contributed by atoms with van der Waals surface area (Å²) in [5.74, 6) is 0.974. The van der Waals surface area contributed by atoms with Crippen LogP contribution < -0.4 is 0 Å². The van der Waals surface area contributed by atoms with E-state index in [9.17, 15) is 0 Å². The third-order valence-electron chi connectivity index (χ3n) is 2.54. The van der Waals surface area contributed by atoms with Crippen LogP contribution in [0.5, 0.6) is 0 Å². The Kier molecular flexibility index (Phi) is 3.68. The minimum absolute atomic E-state index is 0.974. The van der Waals surface area contributed by atoms with E-state index in [1.165, 1.54) is 10.3 Å². The van der Waals surface area contributed by atoms with Gasteiger partial charge in [0.15, 0.2) is 4.34 Å². The van der Waals surface area contributed by atoms with Gasteiger partial charge in [-0.25, -0.2) is 4.98 Å². The van der Waals surface area contributed by atoms with E-state index in [2.05, 4.69) is 63.4 Å². The molecule has 18 heavy (non-hydrogen) atoms. The molecule has 0 saturated carbocycles. The number of rotatable bonds is 3. The highest BCUT2D eigenvalue weighted by atomic mass is 79.9. The molecule has 1 heterocycles. The standard InChI is InChI=1S/C14H10BrNS2/c15-11-6-7-13-12(8-11)16-14(18-13)17-9-10-4-2-1-3-5-10/h1-8H,9H2. The van der Waals surface area contributed by atoms with Crippen LogP contribution in [0.3, 0.4) is 0 Å². The van der Waals surface area contributed by atoms with E-state index in [0.29, 0.717) is 0 Å². The summed E-state index contributed by atoms with van der Waals surface area (Å²) >= 11 is 7.03. The Bertz CT molecular complexity index is 664. The van der Waals surface area contributed by atoms with Crippen LogP contribution in [0.4, 0.5) is 0 Å². The zero-order valence-electron chi connectivity index (χ0n) is 9.47. The lowest BCUT2D eigenvalue weighted by molar-refractivity contribution is 1.29. The molecule has 0 atom stereocenters. The van der Waals surface area contributed by atoms with Crippen LogP contribution in [0.2, 0.25) is 0 Å². The van der Waals surface area contributed by atoms with Crippen molar-refractivity contribution >= 4 is 49.2 Å². The van der Waals surface area contributed by atoms with Crippen molar-refractivity contribution in [1.29, 1.82) is 0 Å². The minimum Gasteiger partial charge on any atom is -0.230 e. The molecule has 4 heteroatoms. The lowest BCUT2D eigenvalue weighted by Crippen LogP contribution is -1.78. The molecule has 0 unspecified atom stereocenters. The first-order valence-electron chi connectivity index (χ1n) is 5.54. The van der Waals surface area contributed by atoms with Gasteiger partial charge in [-0.05, 0) is 23.8 Å². The van der Waals surface area contributed by atoms with Crippen LogP contribution >= 0.6 is 39.0 Å². The molecule has 0 N–H and O–H groups in total. The number of benzene rings is 2. The fourth-order valence-corrected chi connectivity index (χ4v) is 4.01. The van der Waals surface area contributed by atoms with Crippen LogP contribution in [0.15, 0.2) is 57.3 Å². The van der Waals surface area contributed by atoms with E-state index in [-0.39, 0.29) is 0 Å². The minimum atomic E-state index is 0.974. The molecule has 0 bridgehead atoms. The molecule has 0 fully saturated rings. The number of aromatic nitrogens is 1. The maximum atomic E-state index is 4.64. The molecule has 0 aliphatic carbocycles. The molecular weight excluding hydrogens is 326 g/mol. The number of nitrogens with zero attached hydrogens (tertiary/aromatic N) is 1. The SMILES string of the molecule is Brc1ccc2sc(SCc3ccccc3)nc2c1. The monoisotopic (exact) mass is 335 g/mol. The Morgan fingerprint density at radius 2 is 1.94 bits per heavy atom. The lowest BCUT2D eigenvalue weighted by atomic mass is 10.2. The summed E-state index contributed by atoms with van der Waals surface area (Å²) in [6, 6.07) is 16.7. The van der Waals surface area contributed by atoms with E-state index in [4.69, 9.17) is 0 Å². The summed E-state index contributed by atoms with van der Waals surface area (Å²) in [7, 11) is 0. The van der Waals surface area contributed by atoms with Crippen molar-refractivity contribution in [1.82, 2.24) is 4.98 Å². The molecule has 0 amide bonds. The highest BCUT2D eigenvalue weighted by Crippen LogP contribution is 2.32. The summed E-state index contributed by atoms with van der Waals surface area (Å²) in [5, 5.41) is 0. The highest BCUT2D eigenvalue weighted by Gasteiger charge is 2.05. The predicted octanol–water partition coefficient (Wildman–Crippen LogP) is 5.35. The second-order valence-corrected chi connectivity index (χ2v) is 7.03. The van der Waals surface area contributed by atoms with E-state index in [1.54, 1.807) is 23.1 Å². The average molecular weight is 336 g/mol. The van der Waals surface area contributed by atoms with Gasteiger partial charge >= 0.3 is 0 Å². The predicted molar refractivity (Wildman–Crippen MR) is 83.3 cm³/mol. The first-order valence-corrected chi connectivity index (χ1v) is 8.13. The van der Waals surface area contributed by atoms with Gasteiger partial charge in [-0.15, -0.1) is 11.3 Å². The molecule has 0 radical (unpaired) electrons. The Morgan fingerprint density at radius 3 is 2.78 bits per heavy atom. The number of thiazole rings is 1. The zero-order valence-corrected chi connectivity index (χ0v) is 12.7. The van der Waals surface area contributed by atoms with Crippen LogP contribution in [0.25, 0.3) is 10.2 Å². The topological polar surface area (TPSA) is 12.9 Å². The Labute approximate surface area is 122 Å². The van der Waals surface area contributed by atoms with Gasteiger partial charge in [0, 0.05) is 10.2 Å². The van der Waals surface area contributed by atoms with Crippen LogP contribution in [0, 0.1) is 0 Å². The van der Waals surface area contributed by atoms with Gasteiger partial charge in [-0.3, -0.25) is 0 Å². The molecule has 3 aromatic rings. The second-order valence-electron chi connectivity index (χ2n) is 3.87. The molecule has 0 saturated heterocycles. The quantitative estimate of drug-likeness (QED) is 0.598. The van der Waals surface area contributed by atoms with Gasteiger partial charge in [0.25, 0.3) is 0 Å². The molecule has 2 aromatic carbocycles. The molecule has 0 spiro atoms. The molecule has 1 nitrogen and oxygen atoms in total. The summed E-state index contributed by atoms with van der Waals surface area (Å²) in [5.41, 5.74) is 2.41. The van der Waals surface area contributed by atoms with Gasteiger partial charge < -0.3 is 0 Å². The van der Waals surface area contributed by atoms with E-state index >= 15 is 0 Å². The van der Waals surface area contributed by atoms with Crippen LogP contribution in [-0.2, 0) is 5.75 Å². The summed E-state index contributed by atoms with van der Waals surface area (Å²) < 4.78 is 3.46. The van der Waals surface area contributed by atoms with Gasteiger partial charge in [0.1, 0.15) is 0 Å². The van der Waals surface area contributed by atoms with Crippen molar-refractivity contribution in [3.8, 4) is 0 Å². The highest BCUT2D eigenvalue weighted by molar-refractivity contribution is 9.10. The van der Waals surface area contributed by atoms with Crippen molar-refractivity contribution in [3.05, 3.63) is 58.6 Å². The van der Waals surface area contributed by atoms with Gasteiger partial charge in [-0.2, -0.15) is 0 Å². The normalized spacial score (nSPS) is 10.9. The lowest BCUT2D eigenvalue weighted by Gasteiger charge is -1.97. The zero-order chi connectivity index (χ0) is 12.4. The Balaban J connectivity index is 1.79. The summed E-state index contributed by atoms with van der Waals surface area (Å²) in [6.07, 6.45) is 0. The van der Waals surface area contributed by atoms with Crippen molar-refractivity contribution in [2.24, 2.45) is 0 Å². The first kappa shape index (κ1) is 12.2. The van der Waals surface area contributed by atoms with Crippen LogP contribution in [-0.4, -0.2) is 4.98 Å². The largest absolute Gasteiger partial charge is 0.230 e. The van der Waals surface area contributed by atoms with Crippen molar-refractivity contribution in [2.75, 3.05) is 0 Å². The maximum absolute atomic E-state index is 4.64. The van der Waals surface area contributed by atoms with Gasteiger partial charge in [-0.1, -0.05) is 58.0 Å². The molecule has 0 aliphatic rings. The molecule has 3 rings (SSSR count). The third-order valence-corrected chi connectivity index (χ3v) is 5.28. The van der Waals surface area contributed by atoms with Gasteiger partial charge in [0.05, 0.1) is 10.2 Å². The third kappa shape index (κ3) is 2.76. The summed E-state index contributed by atoms with van der Waals surface area (Å²) in [6.45, 7) is 0. The fourth-order valence-electron chi connectivity index (χ4n) is 1.66. The number of hydrogen-bond donors (Lipinski definition) is 0. The maximum Gasteiger partial charge on any atom is 0.151 e. The molecule has 1 aromatic heterocycles.